The molecule has 0 fully saturated rings. The molecular formula is C20H20N4O. The predicted octanol–water partition coefficient (Wildman–Crippen LogP) is 4.31. The van der Waals surface area contributed by atoms with Crippen LogP contribution in [-0.2, 0) is 6.42 Å². The maximum atomic E-state index is 5.67. The summed E-state index contributed by atoms with van der Waals surface area (Å²) in [6, 6.07) is 18.3. The lowest BCUT2D eigenvalue weighted by atomic mass is 10.2. The number of nitrogens with zero attached hydrogens (tertiary/aromatic N) is 3. The van der Waals surface area contributed by atoms with E-state index in [1.165, 1.54) is 11.3 Å². The highest BCUT2D eigenvalue weighted by Gasteiger charge is 2.21. The van der Waals surface area contributed by atoms with E-state index >= 15 is 0 Å². The van der Waals surface area contributed by atoms with Crippen LogP contribution in [0.25, 0.3) is 0 Å². The number of nitrogens with one attached hydrogen (secondary N) is 1. The van der Waals surface area contributed by atoms with Crippen molar-refractivity contribution in [3.05, 3.63) is 66.5 Å². The van der Waals surface area contributed by atoms with Crippen LogP contribution in [0.5, 0.6) is 5.75 Å². The lowest BCUT2D eigenvalue weighted by Gasteiger charge is -2.19. The molecule has 0 radical (unpaired) electrons. The molecule has 25 heavy (non-hydrogen) atoms. The van der Waals surface area contributed by atoms with Crippen LogP contribution >= 0.6 is 0 Å². The summed E-state index contributed by atoms with van der Waals surface area (Å²) in [6.07, 6.45) is 2.64. The highest BCUT2D eigenvalue weighted by atomic mass is 16.5. The Balaban J connectivity index is 1.61. The second kappa shape index (κ2) is 6.81. The number of hydrogen-bond acceptors (Lipinski definition) is 5. The summed E-state index contributed by atoms with van der Waals surface area (Å²) < 4.78 is 5.67. The molecule has 2 heterocycles. The molecule has 0 aliphatic carbocycles. The minimum absolute atomic E-state index is 0.623. The van der Waals surface area contributed by atoms with Crippen LogP contribution in [0.2, 0.25) is 0 Å². The molecular weight excluding hydrogens is 312 g/mol. The normalized spacial score (nSPS) is 12.8. The molecule has 1 aromatic heterocycles. The summed E-state index contributed by atoms with van der Waals surface area (Å²) in [6.45, 7) is 3.54. The molecule has 0 amide bonds. The van der Waals surface area contributed by atoms with Gasteiger partial charge in [-0.3, -0.25) is 0 Å². The van der Waals surface area contributed by atoms with E-state index in [2.05, 4.69) is 44.5 Å². The van der Waals surface area contributed by atoms with Crippen molar-refractivity contribution in [2.45, 2.75) is 13.3 Å². The van der Waals surface area contributed by atoms with Gasteiger partial charge in [-0.1, -0.05) is 30.3 Å². The summed E-state index contributed by atoms with van der Waals surface area (Å²) in [5.74, 6) is 2.47. The lowest BCUT2D eigenvalue weighted by molar-refractivity contribution is 0.342. The third-order valence-electron chi connectivity index (χ3n) is 4.27. The van der Waals surface area contributed by atoms with Crippen LogP contribution in [0.4, 0.5) is 23.0 Å². The Bertz CT molecular complexity index is 881. The first kappa shape index (κ1) is 15.4. The zero-order valence-corrected chi connectivity index (χ0v) is 14.1. The van der Waals surface area contributed by atoms with E-state index in [4.69, 9.17) is 4.74 Å². The largest absolute Gasteiger partial charge is 0.492 e. The molecule has 126 valence electrons. The SMILES string of the molecule is CCOc1ccccc1Nc1cc(N2CCc3ccccc32)ncn1. The second-order valence-corrected chi connectivity index (χ2v) is 5.85. The van der Waals surface area contributed by atoms with E-state index in [0.717, 1.165) is 36.0 Å². The minimum Gasteiger partial charge on any atom is -0.492 e. The van der Waals surface area contributed by atoms with Gasteiger partial charge in [0.25, 0.3) is 0 Å². The van der Waals surface area contributed by atoms with Gasteiger partial charge in [-0.15, -0.1) is 0 Å². The number of benzene rings is 2. The molecule has 0 saturated carbocycles. The molecule has 1 aliphatic rings. The molecule has 0 spiro atoms. The molecule has 3 aromatic rings. The summed E-state index contributed by atoms with van der Waals surface area (Å²) >= 11 is 0. The zero-order valence-electron chi connectivity index (χ0n) is 14.1. The van der Waals surface area contributed by atoms with Crippen LogP contribution < -0.4 is 15.0 Å². The molecule has 5 nitrogen and oxygen atoms in total. The van der Waals surface area contributed by atoms with Gasteiger partial charge in [-0.05, 0) is 37.1 Å². The van der Waals surface area contributed by atoms with Gasteiger partial charge in [0, 0.05) is 18.3 Å². The number of hydrogen-bond donors (Lipinski definition) is 1. The Labute approximate surface area is 147 Å². The number of aromatic nitrogens is 2. The van der Waals surface area contributed by atoms with Gasteiger partial charge in [-0.2, -0.15) is 0 Å². The highest BCUT2D eigenvalue weighted by Crippen LogP contribution is 2.34. The second-order valence-electron chi connectivity index (χ2n) is 5.85. The van der Waals surface area contributed by atoms with Gasteiger partial charge in [-0.25, -0.2) is 9.97 Å². The molecule has 0 bridgehead atoms. The van der Waals surface area contributed by atoms with Crippen molar-refractivity contribution in [2.75, 3.05) is 23.4 Å². The molecule has 0 atom stereocenters. The van der Waals surface area contributed by atoms with E-state index in [9.17, 15) is 0 Å². The monoisotopic (exact) mass is 332 g/mol. The van der Waals surface area contributed by atoms with Crippen molar-refractivity contribution in [2.24, 2.45) is 0 Å². The fraction of sp³-hybridized carbons (Fsp3) is 0.200. The maximum absolute atomic E-state index is 5.67. The van der Waals surface area contributed by atoms with Crippen molar-refractivity contribution in [3.63, 3.8) is 0 Å². The molecule has 2 aromatic carbocycles. The van der Waals surface area contributed by atoms with Crippen molar-refractivity contribution in [1.82, 2.24) is 9.97 Å². The molecule has 5 heteroatoms. The molecule has 4 rings (SSSR count). The first-order valence-corrected chi connectivity index (χ1v) is 8.51. The summed E-state index contributed by atoms with van der Waals surface area (Å²) in [5.41, 5.74) is 3.48. The third kappa shape index (κ3) is 3.13. The maximum Gasteiger partial charge on any atom is 0.142 e. The number of fused-ring (bicyclic) bond motifs is 1. The van der Waals surface area contributed by atoms with Crippen molar-refractivity contribution in [1.29, 1.82) is 0 Å². The van der Waals surface area contributed by atoms with Gasteiger partial charge in [0.05, 0.1) is 12.3 Å². The van der Waals surface area contributed by atoms with E-state index in [1.807, 2.05) is 37.3 Å². The van der Waals surface area contributed by atoms with Gasteiger partial charge in [0.1, 0.15) is 23.7 Å². The highest BCUT2D eigenvalue weighted by molar-refractivity contribution is 5.71. The number of ether oxygens (including phenoxy) is 1. The van der Waals surface area contributed by atoms with Crippen LogP contribution in [0, 0.1) is 0 Å². The van der Waals surface area contributed by atoms with E-state index < -0.39 is 0 Å². The van der Waals surface area contributed by atoms with E-state index in [1.54, 1.807) is 6.33 Å². The molecule has 1 aliphatic heterocycles. The van der Waals surface area contributed by atoms with Crippen molar-refractivity contribution < 1.29 is 4.74 Å². The van der Waals surface area contributed by atoms with Crippen LogP contribution in [0.15, 0.2) is 60.9 Å². The smallest absolute Gasteiger partial charge is 0.142 e. The van der Waals surface area contributed by atoms with Gasteiger partial charge < -0.3 is 15.0 Å². The van der Waals surface area contributed by atoms with Crippen LogP contribution in [-0.4, -0.2) is 23.1 Å². The van der Waals surface area contributed by atoms with Gasteiger partial charge >= 0.3 is 0 Å². The Morgan fingerprint density at radius 3 is 2.84 bits per heavy atom. The average Bonchev–Trinajstić information content (AvgIpc) is 3.08. The van der Waals surface area contributed by atoms with Crippen LogP contribution in [0.3, 0.4) is 0 Å². The van der Waals surface area contributed by atoms with Crippen molar-refractivity contribution >= 4 is 23.0 Å². The number of para-hydroxylation sites is 3. The fourth-order valence-electron chi connectivity index (χ4n) is 3.13. The number of anilines is 4. The lowest BCUT2D eigenvalue weighted by Crippen LogP contribution is -2.15. The van der Waals surface area contributed by atoms with E-state index in [-0.39, 0.29) is 0 Å². The number of rotatable bonds is 5. The Morgan fingerprint density at radius 2 is 1.92 bits per heavy atom. The summed E-state index contributed by atoms with van der Waals surface area (Å²) in [5, 5.41) is 3.34. The fourth-order valence-corrected chi connectivity index (χ4v) is 3.13. The van der Waals surface area contributed by atoms with Crippen molar-refractivity contribution in [3.8, 4) is 5.75 Å². The van der Waals surface area contributed by atoms with Crippen LogP contribution in [0.1, 0.15) is 12.5 Å². The Morgan fingerprint density at radius 1 is 1.08 bits per heavy atom. The van der Waals surface area contributed by atoms with Gasteiger partial charge in [0.15, 0.2) is 0 Å². The third-order valence-corrected chi connectivity index (χ3v) is 4.27. The van der Waals surface area contributed by atoms with E-state index in [0.29, 0.717) is 6.61 Å². The molecule has 1 N–H and O–H groups in total. The quantitative estimate of drug-likeness (QED) is 0.754. The molecule has 0 saturated heterocycles. The van der Waals surface area contributed by atoms with Gasteiger partial charge in [0.2, 0.25) is 0 Å². The topological polar surface area (TPSA) is 50.3 Å². The average molecular weight is 332 g/mol. The molecule has 0 unspecified atom stereocenters. The Hall–Kier alpha value is -3.08. The Kier molecular flexibility index (Phi) is 4.21. The summed E-state index contributed by atoms with van der Waals surface area (Å²) in [7, 11) is 0. The predicted molar refractivity (Wildman–Crippen MR) is 100 cm³/mol. The zero-order chi connectivity index (χ0) is 17.1. The summed E-state index contributed by atoms with van der Waals surface area (Å²) in [4.78, 5) is 11.1. The standard InChI is InChI=1S/C20H20N4O/c1-2-25-18-10-6-4-8-16(18)23-19-13-20(22-14-21-19)24-12-11-15-7-3-5-9-17(15)24/h3-10,13-14H,2,11-12H2,1H3,(H,21,22,23). The first-order valence-electron chi connectivity index (χ1n) is 8.51. The minimum atomic E-state index is 0.623. The first-order chi connectivity index (χ1) is 12.3.